The van der Waals surface area contributed by atoms with E-state index in [0.29, 0.717) is 5.78 Å². The molecular weight excluding hydrogens is 336 g/mol. The minimum absolute atomic E-state index is 0.236. The van der Waals surface area contributed by atoms with Crippen LogP contribution in [0.4, 0.5) is 0 Å². The van der Waals surface area contributed by atoms with E-state index < -0.39 is 0 Å². The fourth-order valence-electron chi connectivity index (χ4n) is 3.64. The van der Waals surface area contributed by atoms with Crippen molar-refractivity contribution in [2.24, 2.45) is 5.92 Å². The average molecular weight is 365 g/mol. The SMILES string of the molecule is CC(C)=Cc1ccccc1Sc1ccc(C(=O)C2CCCCC2)cc1C. The molecule has 0 bridgehead atoms. The number of benzene rings is 2. The molecular formula is C24H28OS. The number of Topliss-reactive ketones (excluding diaryl/α,β-unsaturated/α-hetero) is 1. The lowest BCUT2D eigenvalue weighted by Gasteiger charge is -2.20. The minimum atomic E-state index is 0.236. The first-order valence-corrected chi connectivity index (χ1v) is 10.4. The van der Waals surface area contributed by atoms with Crippen molar-refractivity contribution >= 4 is 23.6 Å². The lowest BCUT2D eigenvalue weighted by molar-refractivity contribution is 0.0889. The second-order valence-corrected chi connectivity index (χ2v) is 8.62. The topological polar surface area (TPSA) is 17.1 Å². The van der Waals surface area contributed by atoms with Crippen LogP contribution in [0, 0.1) is 12.8 Å². The monoisotopic (exact) mass is 364 g/mol. The van der Waals surface area contributed by atoms with Gasteiger partial charge in [-0.05, 0) is 62.9 Å². The molecule has 1 aliphatic rings. The van der Waals surface area contributed by atoms with Crippen molar-refractivity contribution in [2.45, 2.75) is 62.7 Å². The molecule has 0 spiro atoms. The smallest absolute Gasteiger partial charge is 0.165 e. The van der Waals surface area contributed by atoms with E-state index in [2.05, 4.69) is 63.2 Å². The number of hydrogen-bond acceptors (Lipinski definition) is 2. The molecule has 0 N–H and O–H groups in total. The summed E-state index contributed by atoms with van der Waals surface area (Å²) >= 11 is 1.78. The van der Waals surface area contributed by atoms with Crippen molar-refractivity contribution in [3.63, 3.8) is 0 Å². The van der Waals surface area contributed by atoms with E-state index in [1.807, 2.05) is 6.07 Å². The van der Waals surface area contributed by atoms with Crippen LogP contribution in [0.5, 0.6) is 0 Å². The summed E-state index contributed by atoms with van der Waals surface area (Å²) in [6.45, 7) is 6.36. The average Bonchev–Trinajstić information content (AvgIpc) is 2.64. The second-order valence-electron chi connectivity index (χ2n) is 7.54. The highest BCUT2D eigenvalue weighted by Crippen LogP contribution is 2.35. The number of carbonyl (C=O) groups excluding carboxylic acids is 1. The van der Waals surface area contributed by atoms with E-state index in [0.717, 1.165) is 18.4 Å². The number of ketones is 1. The van der Waals surface area contributed by atoms with Gasteiger partial charge in [0.2, 0.25) is 0 Å². The molecule has 0 amide bonds. The molecule has 1 saturated carbocycles. The van der Waals surface area contributed by atoms with Crippen LogP contribution in [0.1, 0.15) is 67.4 Å². The molecule has 0 saturated heterocycles. The van der Waals surface area contributed by atoms with E-state index in [1.165, 1.54) is 45.8 Å². The molecule has 136 valence electrons. The van der Waals surface area contributed by atoms with Crippen molar-refractivity contribution in [3.8, 4) is 0 Å². The number of carbonyl (C=O) groups is 1. The maximum Gasteiger partial charge on any atom is 0.165 e. The molecule has 2 aromatic carbocycles. The zero-order valence-corrected chi connectivity index (χ0v) is 16.9. The van der Waals surface area contributed by atoms with Gasteiger partial charge < -0.3 is 0 Å². The highest BCUT2D eigenvalue weighted by atomic mass is 32.2. The van der Waals surface area contributed by atoms with Crippen LogP contribution in [0.25, 0.3) is 6.08 Å². The standard InChI is InChI=1S/C24H28OS/c1-17(2)15-20-11-7-8-12-23(20)26-22-14-13-21(16-18(22)3)24(25)19-9-5-4-6-10-19/h7-8,11-16,19H,4-6,9-10H2,1-3H3. The zero-order chi connectivity index (χ0) is 18.5. The van der Waals surface area contributed by atoms with E-state index in [9.17, 15) is 4.79 Å². The molecule has 3 rings (SSSR count). The predicted molar refractivity (Wildman–Crippen MR) is 112 cm³/mol. The van der Waals surface area contributed by atoms with E-state index >= 15 is 0 Å². The van der Waals surface area contributed by atoms with E-state index in [4.69, 9.17) is 0 Å². The molecule has 1 aliphatic carbocycles. The summed E-state index contributed by atoms with van der Waals surface area (Å²) in [4.78, 5) is 15.3. The fraction of sp³-hybridized carbons (Fsp3) is 0.375. The number of aryl methyl sites for hydroxylation is 1. The predicted octanol–water partition coefficient (Wildman–Crippen LogP) is 7.33. The maximum atomic E-state index is 12.8. The van der Waals surface area contributed by atoms with Crippen LogP contribution in [-0.2, 0) is 0 Å². The first kappa shape index (κ1) is 19.0. The Morgan fingerprint density at radius 3 is 2.42 bits per heavy atom. The lowest BCUT2D eigenvalue weighted by atomic mass is 9.84. The zero-order valence-electron chi connectivity index (χ0n) is 16.0. The molecule has 0 aliphatic heterocycles. The Kier molecular flexibility index (Phi) is 6.37. The number of hydrogen-bond donors (Lipinski definition) is 0. The normalized spacial score (nSPS) is 14.9. The maximum absolute atomic E-state index is 12.8. The Balaban J connectivity index is 1.80. The molecule has 0 aromatic heterocycles. The van der Waals surface area contributed by atoms with Gasteiger partial charge in [0, 0.05) is 21.3 Å². The summed E-state index contributed by atoms with van der Waals surface area (Å²) in [6.07, 6.45) is 8.02. The molecule has 2 aromatic rings. The van der Waals surface area contributed by atoms with Crippen molar-refractivity contribution in [1.29, 1.82) is 0 Å². The molecule has 0 atom stereocenters. The summed E-state index contributed by atoms with van der Waals surface area (Å²) in [5.41, 5.74) is 4.61. The Morgan fingerprint density at radius 2 is 1.73 bits per heavy atom. The Morgan fingerprint density at radius 1 is 1.00 bits per heavy atom. The minimum Gasteiger partial charge on any atom is -0.294 e. The van der Waals surface area contributed by atoms with E-state index in [1.54, 1.807) is 11.8 Å². The molecule has 0 heterocycles. The third-order valence-electron chi connectivity index (χ3n) is 5.02. The molecule has 1 nitrogen and oxygen atoms in total. The van der Waals surface area contributed by atoms with Gasteiger partial charge in [0.25, 0.3) is 0 Å². The highest BCUT2D eigenvalue weighted by Gasteiger charge is 2.22. The van der Waals surface area contributed by atoms with Crippen LogP contribution in [0.3, 0.4) is 0 Å². The third-order valence-corrected chi connectivity index (χ3v) is 6.29. The van der Waals surface area contributed by atoms with Crippen molar-refractivity contribution in [3.05, 3.63) is 64.7 Å². The second kappa shape index (κ2) is 8.73. The van der Waals surface area contributed by atoms with Gasteiger partial charge in [0.05, 0.1) is 0 Å². The summed E-state index contributed by atoms with van der Waals surface area (Å²) in [5, 5.41) is 0. The highest BCUT2D eigenvalue weighted by molar-refractivity contribution is 7.99. The Labute approximate surface area is 161 Å². The first-order valence-electron chi connectivity index (χ1n) is 9.61. The van der Waals surface area contributed by atoms with E-state index in [-0.39, 0.29) is 5.92 Å². The number of rotatable bonds is 5. The van der Waals surface area contributed by atoms with Crippen LogP contribution < -0.4 is 0 Å². The van der Waals surface area contributed by atoms with Crippen LogP contribution in [-0.4, -0.2) is 5.78 Å². The molecule has 2 heteroatoms. The summed E-state index contributed by atoms with van der Waals surface area (Å²) < 4.78 is 0. The van der Waals surface area contributed by atoms with Gasteiger partial charge in [-0.3, -0.25) is 4.79 Å². The summed E-state index contributed by atoms with van der Waals surface area (Å²) in [5.74, 6) is 0.578. The van der Waals surface area contributed by atoms with Crippen molar-refractivity contribution in [2.75, 3.05) is 0 Å². The third kappa shape index (κ3) is 4.67. The summed E-state index contributed by atoms with van der Waals surface area (Å²) in [6, 6.07) is 14.7. The summed E-state index contributed by atoms with van der Waals surface area (Å²) in [7, 11) is 0. The van der Waals surface area contributed by atoms with Gasteiger partial charge >= 0.3 is 0 Å². The first-order chi connectivity index (χ1) is 12.5. The lowest BCUT2D eigenvalue weighted by Crippen LogP contribution is -2.17. The molecule has 26 heavy (non-hydrogen) atoms. The van der Waals surface area contributed by atoms with Crippen LogP contribution in [0.2, 0.25) is 0 Å². The van der Waals surface area contributed by atoms with Gasteiger partial charge in [0.1, 0.15) is 0 Å². The Hall–Kier alpha value is -1.80. The van der Waals surface area contributed by atoms with Gasteiger partial charge in [-0.2, -0.15) is 0 Å². The van der Waals surface area contributed by atoms with Crippen molar-refractivity contribution in [1.82, 2.24) is 0 Å². The van der Waals surface area contributed by atoms with Gasteiger partial charge in [-0.25, -0.2) is 0 Å². The van der Waals surface area contributed by atoms with Gasteiger partial charge in [-0.1, -0.05) is 66.9 Å². The van der Waals surface area contributed by atoms with Gasteiger partial charge in [-0.15, -0.1) is 0 Å². The Bertz CT molecular complexity index is 809. The van der Waals surface area contributed by atoms with Crippen LogP contribution >= 0.6 is 11.8 Å². The quantitative estimate of drug-likeness (QED) is 0.516. The fourth-order valence-corrected chi connectivity index (χ4v) is 4.62. The molecule has 0 unspecified atom stereocenters. The molecule has 1 fully saturated rings. The molecule has 0 radical (unpaired) electrons. The van der Waals surface area contributed by atoms with Crippen LogP contribution in [0.15, 0.2) is 57.8 Å². The number of allylic oxidation sites excluding steroid dienone is 1. The van der Waals surface area contributed by atoms with Gasteiger partial charge in [0.15, 0.2) is 5.78 Å². The largest absolute Gasteiger partial charge is 0.294 e. The van der Waals surface area contributed by atoms with Crippen molar-refractivity contribution < 1.29 is 4.79 Å².